The zero-order valence-electron chi connectivity index (χ0n) is 9.66. The summed E-state index contributed by atoms with van der Waals surface area (Å²) < 4.78 is 6.52. The van der Waals surface area contributed by atoms with Crippen LogP contribution in [0.15, 0.2) is 22.7 Å². The molecule has 0 atom stereocenters. The lowest BCUT2D eigenvalue weighted by molar-refractivity contribution is 0.0645. The fourth-order valence-electron chi connectivity index (χ4n) is 2.08. The summed E-state index contributed by atoms with van der Waals surface area (Å²) in [5, 5.41) is 0. The molecular formula is C12H17BrN2O. The number of nitrogens with two attached hydrogens (primary N) is 1. The summed E-state index contributed by atoms with van der Waals surface area (Å²) in [4.78, 5) is 2.32. The lowest BCUT2D eigenvalue weighted by Crippen LogP contribution is -2.53. The number of halogens is 1. The summed E-state index contributed by atoms with van der Waals surface area (Å²) in [7, 11) is 0. The minimum absolute atomic E-state index is 0.000198. The summed E-state index contributed by atoms with van der Waals surface area (Å²) >= 11 is 3.43. The van der Waals surface area contributed by atoms with Crippen LogP contribution >= 0.6 is 15.9 Å². The Kier molecular flexibility index (Phi) is 3.13. The first kappa shape index (κ1) is 11.7. The van der Waals surface area contributed by atoms with Gasteiger partial charge in [-0.05, 0) is 32.0 Å². The van der Waals surface area contributed by atoms with Crippen molar-refractivity contribution in [1.82, 2.24) is 0 Å². The average Bonchev–Trinajstić information content (AvgIpc) is 2.19. The maximum absolute atomic E-state index is 6.06. The van der Waals surface area contributed by atoms with Gasteiger partial charge in [0, 0.05) is 11.0 Å². The Labute approximate surface area is 105 Å². The van der Waals surface area contributed by atoms with E-state index in [2.05, 4.69) is 40.7 Å². The van der Waals surface area contributed by atoms with Crippen LogP contribution < -0.4 is 10.6 Å². The predicted molar refractivity (Wildman–Crippen MR) is 70.8 cm³/mol. The number of morpholine rings is 1. The number of hydrogen-bond acceptors (Lipinski definition) is 3. The molecule has 0 bridgehead atoms. The van der Waals surface area contributed by atoms with Crippen molar-refractivity contribution in [2.24, 2.45) is 0 Å². The van der Waals surface area contributed by atoms with E-state index in [1.165, 1.54) is 0 Å². The standard InChI is InChI=1S/C12H17BrN2O/c1-12(2)8-16-6-5-15(12)11-4-3-9(13)7-10(11)14/h3-4,7H,5-6,8,14H2,1-2H3. The molecule has 0 unspecified atom stereocenters. The smallest absolute Gasteiger partial charge is 0.0694 e. The first-order chi connectivity index (χ1) is 7.50. The van der Waals surface area contributed by atoms with Crippen LogP contribution in [-0.4, -0.2) is 25.3 Å². The molecule has 1 aliphatic heterocycles. The van der Waals surface area contributed by atoms with E-state index in [0.717, 1.165) is 35.6 Å². The topological polar surface area (TPSA) is 38.5 Å². The van der Waals surface area contributed by atoms with Gasteiger partial charge in [0.25, 0.3) is 0 Å². The van der Waals surface area contributed by atoms with Gasteiger partial charge in [-0.2, -0.15) is 0 Å². The summed E-state index contributed by atoms with van der Waals surface area (Å²) in [6.07, 6.45) is 0. The van der Waals surface area contributed by atoms with E-state index in [0.29, 0.717) is 0 Å². The van der Waals surface area contributed by atoms with Gasteiger partial charge in [0.15, 0.2) is 0 Å². The van der Waals surface area contributed by atoms with Crippen molar-refractivity contribution >= 4 is 27.3 Å². The largest absolute Gasteiger partial charge is 0.397 e. The third kappa shape index (κ3) is 2.18. The normalized spacial score (nSPS) is 19.8. The highest BCUT2D eigenvalue weighted by Crippen LogP contribution is 2.33. The summed E-state index contributed by atoms with van der Waals surface area (Å²) in [5.74, 6) is 0. The fourth-order valence-corrected chi connectivity index (χ4v) is 2.45. The molecule has 1 saturated heterocycles. The molecule has 16 heavy (non-hydrogen) atoms. The van der Waals surface area contributed by atoms with Gasteiger partial charge < -0.3 is 15.4 Å². The van der Waals surface area contributed by atoms with Gasteiger partial charge in [0.05, 0.1) is 30.1 Å². The first-order valence-electron chi connectivity index (χ1n) is 5.41. The lowest BCUT2D eigenvalue weighted by atomic mass is 10.0. The quantitative estimate of drug-likeness (QED) is 0.806. The monoisotopic (exact) mass is 284 g/mol. The van der Waals surface area contributed by atoms with E-state index in [1.807, 2.05) is 12.1 Å². The second-order valence-electron chi connectivity index (χ2n) is 4.72. The van der Waals surface area contributed by atoms with E-state index in [1.54, 1.807) is 0 Å². The summed E-state index contributed by atoms with van der Waals surface area (Å²) in [6, 6.07) is 6.03. The van der Waals surface area contributed by atoms with Gasteiger partial charge in [-0.15, -0.1) is 0 Å². The zero-order valence-corrected chi connectivity index (χ0v) is 11.3. The van der Waals surface area contributed by atoms with Gasteiger partial charge in [-0.25, -0.2) is 0 Å². The average molecular weight is 285 g/mol. The number of ether oxygens (including phenoxy) is 1. The lowest BCUT2D eigenvalue weighted by Gasteiger charge is -2.44. The highest BCUT2D eigenvalue weighted by Gasteiger charge is 2.31. The van der Waals surface area contributed by atoms with Crippen LogP contribution in [0.5, 0.6) is 0 Å². The molecule has 88 valence electrons. The van der Waals surface area contributed by atoms with E-state index in [4.69, 9.17) is 10.5 Å². The van der Waals surface area contributed by atoms with Crippen molar-refractivity contribution in [3.63, 3.8) is 0 Å². The minimum atomic E-state index is 0.000198. The third-order valence-corrected chi connectivity index (χ3v) is 3.42. The summed E-state index contributed by atoms with van der Waals surface area (Å²) in [5.41, 5.74) is 7.96. The Morgan fingerprint density at radius 1 is 1.44 bits per heavy atom. The number of nitrogens with zero attached hydrogens (tertiary/aromatic N) is 1. The number of rotatable bonds is 1. The van der Waals surface area contributed by atoms with Crippen LogP contribution in [0.1, 0.15) is 13.8 Å². The third-order valence-electron chi connectivity index (χ3n) is 2.93. The molecule has 2 N–H and O–H groups in total. The van der Waals surface area contributed by atoms with Gasteiger partial charge in [-0.1, -0.05) is 15.9 Å². The van der Waals surface area contributed by atoms with Crippen LogP contribution in [0.4, 0.5) is 11.4 Å². The van der Waals surface area contributed by atoms with E-state index in [9.17, 15) is 0 Å². The number of hydrogen-bond donors (Lipinski definition) is 1. The molecule has 1 heterocycles. The molecule has 1 aromatic rings. The SMILES string of the molecule is CC1(C)COCCN1c1ccc(Br)cc1N. The molecule has 0 spiro atoms. The van der Waals surface area contributed by atoms with Gasteiger partial charge in [-0.3, -0.25) is 0 Å². The minimum Gasteiger partial charge on any atom is -0.397 e. The predicted octanol–water partition coefficient (Wildman–Crippen LogP) is 2.65. The molecule has 0 saturated carbocycles. The first-order valence-corrected chi connectivity index (χ1v) is 6.20. The molecule has 0 aromatic heterocycles. The van der Waals surface area contributed by atoms with E-state index >= 15 is 0 Å². The summed E-state index contributed by atoms with van der Waals surface area (Å²) in [6.45, 7) is 6.74. The molecule has 4 heteroatoms. The number of benzene rings is 1. The number of nitrogen functional groups attached to an aromatic ring is 1. The van der Waals surface area contributed by atoms with Crippen molar-refractivity contribution in [3.8, 4) is 0 Å². The Morgan fingerprint density at radius 2 is 2.19 bits per heavy atom. The van der Waals surface area contributed by atoms with Crippen molar-refractivity contribution < 1.29 is 4.74 Å². The molecule has 1 aromatic carbocycles. The van der Waals surface area contributed by atoms with Crippen molar-refractivity contribution in [2.75, 3.05) is 30.4 Å². The molecule has 0 amide bonds. The van der Waals surface area contributed by atoms with Crippen LogP contribution in [0, 0.1) is 0 Å². The second-order valence-corrected chi connectivity index (χ2v) is 5.64. The van der Waals surface area contributed by atoms with Crippen LogP contribution in [-0.2, 0) is 4.74 Å². The number of anilines is 2. The molecule has 1 fully saturated rings. The molecule has 1 aliphatic rings. The molecule has 2 rings (SSSR count). The molecule has 0 radical (unpaired) electrons. The Bertz CT molecular complexity index is 393. The van der Waals surface area contributed by atoms with Gasteiger partial charge in [0.2, 0.25) is 0 Å². The Balaban J connectivity index is 2.35. The van der Waals surface area contributed by atoms with Crippen LogP contribution in [0.25, 0.3) is 0 Å². The molecular weight excluding hydrogens is 268 g/mol. The van der Waals surface area contributed by atoms with Crippen LogP contribution in [0.2, 0.25) is 0 Å². The second kappa shape index (κ2) is 4.26. The Morgan fingerprint density at radius 3 is 2.81 bits per heavy atom. The van der Waals surface area contributed by atoms with Crippen molar-refractivity contribution in [2.45, 2.75) is 19.4 Å². The maximum atomic E-state index is 6.06. The van der Waals surface area contributed by atoms with Gasteiger partial charge in [0.1, 0.15) is 0 Å². The molecule has 3 nitrogen and oxygen atoms in total. The van der Waals surface area contributed by atoms with Crippen LogP contribution in [0.3, 0.4) is 0 Å². The molecule has 0 aliphatic carbocycles. The Hall–Kier alpha value is -0.740. The van der Waals surface area contributed by atoms with E-state index < -0.39 is 0 Å². The highest BCUT2D eigenvalue weighted by atomic mass is 79.9. The van der Waals surface area contributed by atoms with E-state index in [-0.39, 0.29) is 5.54 Å². The maximum Gasteiger partial charge on any atom is 0.0694 e. The fraction of sp³-hybridized carbons (Fsp3) is 0.500. The van der Waals surface area contributed by atoms with Gasteiger partial charge >= 0.3 is 0 Å². The zero-order chi connectivity index (χ0) is 11.8. The van der Waals surface area contributed by atoms with Crippen molar-refractivity contribution in [3.05, 3.63) is 22.7 Å². The van der Waals surface area contributed by atoms with Crippen molar-refractivity contribution in [1.29, 1.82) is 0 Å². The highest BCUT2D eigenvalue weighted by molar-refractivity contribution is 9.10.